The molecule has 2 heterocycles. The van der Waals surface area contributed by atoms with Gasteiger partial charge in [0.15, 0.2) is 10.3 Å². The van der Waals surface area contributed by atoms with Gasteiger partial charge in [0.2, 0.25) is 0 Å². The lowest BCUT2D eigenvalue weighted by molar-refractivity contribution is -0.160. The molecule has 11 nitrogen and oxygen atoms in total. The smallest absolute Gasteiger partial charge is 0.392 e. The number of alkyl halides is 6. The molecule has 4 rings (SSSR count). The number of nitrogens with one attached hydrogen (secondary N) is 2. The number of halogens is 6. The van der Waals surface area contributed by atoms with Crippen LogP contribution in [0.5, 0.6) is 0 Å². The van der Waals surface area contributed by atoms with Gasteiger partial charge >= 0.3 is 24.3 Å². The van der Waals surface area contributed by atoms with E-state index in [-0.39, 0.29) is 26.4 Å². The van der Waals surface area contributed by atoms with Gasteiger partial charge in [-0.2, -0.15) is 26.3 Å². The zero-order valence-electron chi connectivity index (χ0n) is 23.4. The molecule has 0 fully saturated rings. The number of nitrogens with zero attached hydrogens (tertiary/aromatic N) is 2. The van der Waals surface area contributed by atoms with Crippen molar-refractivity contribution in [3.8, 4) is 0 Å². The lowest BCUT2D eigenvalue weighted by atomic mass is 10.1. The molecular weight excluding hydrogens is 723 g/mol. The van der Waals surface area contributed by atoms with Gasteiger partial charge in [-0.15, -0.1) is 22.7 Å². The molecule has 0 saturated heterocycles. The van der Waals surface area contributed by atoms with Crippen molar-refractivity contribution in [3.63, 3.8) is 0 Å². The van der Waals surface area contributed by atoms with Crippen LogP contribution in [0.15, 0.2) is 70.7 Å². The number of rotatable bonds is 11. The van der Waals surface area contributed by atoms with Crippen LogP contribution >= 0.6 is 22.7 Å². The summed E-state index contributed by atoms with van der Waals surface area (Å²) in [7, 11) is -8.80. The minimum Gasteiger partial charge on any atom is -0.392 e. The third kappa shape index (κ3) is 9.05. The predicted octanol–water partition coefficient (Wildman–Crippen LogP) is 6.04. The van der Waals surface area contributed by atoms with Crippen LogP contribution < -0.4 is 9.44 Å². The van der Waals surface area contributed by atoms with E-state index in [1.54, 1.807) is 6.92 Å². The molecule has 0 radical (unpaired) electrons. The second-order valence-corrected chi connectivity index (χ2v) is 14.9. The second kappa shape index (κ2) is 13.6. The van der Waals surface area contributed by atoms with Crippen molar-refractivity contribution < 1.29 is 57.5 Å². The van der Waals surface area contributed by atoms with E-state index in [4.69, 9.17) is 4.74 Å². The Morgan fingerprint density at radius 1 is 0.809 bits per heavy atom. The van der Waals surface area contributed by atoms with Gasteiger partial charge in [0.1, 0.15) is 0 Å². The van der Waals surface area contributed by atoms with Gasteiger partial charge in [0.05, 0.1) is 33.3 Å². The number of hydrogen-bond acceptors (Lipinski definition) is 11. The quantitative estimate of drug-likeness (QED) is 0.106. The van der Waals surface area contributed by atoms with E-state index in [0.717, 1.165) is 41.8 Å². The summed E-state index contributed by atoms with van der Waals surface area (Å²) < 4.78 is 137. The first-order valence-corrected chi connectivity index (χ1v) is 17.4. The van der Waals surface area contributed by atoms with Crippen molar-refractivity contribution in [2.45, 2.75) is 47.8 Å². The number of hydrogen-bond donors (Lipinski definition) is 2. The number of benzene rings is 2. The third-order valence-electron chi connectivity index (χ3n) is 6.05. The number of thiazole rings is 2. The molecule has 2 aromatic carbocycles. The van der Waals surface area contributed by atoms with Gasteiger partial charge in [0, 0.05) is 22.1 Å². The third-order valence-corrected chi connectivity index (χ3v) is 10.9. The van der Waals surface area contributed by atoms with Crippen LogP contribution in [0.2, 0.25) is 0 Å². The number of sulfonamides is 2. The lowest BCUT2D eigenvalue weighted by Gasteiger charge is -2.11. The number of carbonyl (C=O) groups is 2. The number of ether oxygens (including phenoxy) is 1. The van der Waals surface area contributed by atoms with Crippen molar-refractivity contribution in [2.24, 2.45) is 0 Å². The van der Waals surface area contributed by atoms with E-state index in [1.165, 1.54) is 6.20 Å². The Morgan fingerprint density at radius 3 is 1.98 bits per heavy atom. The highest BCUT2D eigenvalue weighted by molar-refractivity contribution is 7.93. The topological polar surface area (TPSA) is 161 Å². The average molecular weight is 743 g/mol. The molecule has 1 unspecified atom stereocenters. The first-order chi connectivity index (χ1) is 21.8. The number of esters is 2. The highest BCUT2D eigenvalue weighted by atomic mass is 32.2. The van der Waals surface area contributed by atoms with Crippen molar-refractivity contribution in [1.29, 1.82) is 0 Å². The van der Waals surface area contributed by atoms with Crippen LogP contribution in [0, 0.1) is 0 Å². The average Bonchev–Trinajstić information content (AvgIpc) is 3.61. The largest absolute Gasteiger partial charge is 0.416 e. The summed E-state index contributed by atoms with van der Waals surface area (Å²) in [6, 6.07) is 5.80. The van der Waals surface area contributed by atoms with Crippen molar-refractivity contribution >= 4 is 64.9 Å². The molecule has 2 N–H and O–H groups in total. The van der Waals surface area contributed by atoms with Gasteiger partial charge in [-0.05, 0) is 48.9 Å². The van der Waals surface area contributed by atoms with Crippen molar-refractivity contribution in [1.82, 2.24) is 9.97 Å². The van der Waals surface area contributed by atoms with Crippen LogP contribution in [0.4, 0.5) is 36.6 Å². The lowest BCUT2D eigenvalue weighted by Crippen LogP contribution is -2.20. The molecular formula is C26H20F6N4O7S4. The minimum atomic E-state index is -4.77. The summed E-state index contributed by atoms with van der Waals surface area (Å²) in [5.41, 5.74) is -2.21. The molecule has 0 amide bonds. The van der Waals surface area contributed by atoms with E-state index < -0.39 is 77.6 Å². The molecule has 0 spiro atoms. The predicted molar refractivity (Wildman–Crippen MR) is 157 cm³/mol. The summed E-state index contributed by atoms with van der Waals surface area (Å²) in [6.07, 6.45) is -7.58. The van der Waals surface area contributed by atoms with Crippen LogP contribution in [0.1, 0.15) is 40.1 Å². The summed E-state index contributed by atoms with van der Waals surface area (Å²) in [5.74, 6) is -3.11. The normalized spacial score (nSPS) is 13.2. The summed E-state index contributed by atoms with van der Waals surface area (Å²) in [4.78, 5) is 32.2. The molecule has 47 heavy (non-hydrogen) atoms. The molecule has 1 atom stereocenters. The maximum Gasteiger partial charge on any atom is 0.416 e. The highest BCUT2D eigenvalue weighted by Gasteiger charge is 2.33. The van der Waals surface area contributed by atoms with Gasteiger partial charge in [0.25, 0.3) is 20.0 Å². The zero-order chi connectivity index (χ0) is 34.8. The monoisotopic (exact) mass is 742 g/mol. The fourth-order valence-corrected chi connectivity index (χ4v) is 8.10. The van der Waals surface area contributed by atoms with E-state index >= 15 is 0 Å². The van der Waals surface area contributed by atoms with E-state index in [2.05, 4.69) is 14.7 Å². The molecule has 2 aromatic heterocycles. The Bertz CT molecular complexity index is 1990. The number of anilines is 2. The van der Waals surface area contributed by atoms with Gasteiger partial charge in [-0.1, -0.05) is 13.0 Å². The van der Waals surface area contributed by atoms with Gasteiger partial charge in [-0.25, -0.2) is 26.8 Å². The zero-order valence-corrected chi connectivity index (χ0v) is 26.7. The van der Waals surface area contributed by atoms with Crippen LogP contribution in [0.25, 0.3) is 0 Å². The number of carbonyl (C=O) groups excluding carboxylic acids is 2. The second-order valence-electron chi connectivity index (χ2n) is 9.39. The van der Waals surface area contributed by atoms with E-state index in [1.807, 2.05) is 4.72 Å². The first-order valence-electron chi connectivity index (χ1n) is 12.8. The molecule has 0 bridgehead atoms. The summed E-state index contributed by atoms with van der Waals surface area (Å²) in [6.45, 7) is 1.58. The summed E-state index contributed by atoms with van der Waals surface area (Å²) in [5, 5.41) is -0.471. The first kappa shape index (κ1) is 35.8. The Morgan fingerprint density at radius 2 is 1.38 bits per heavy atom. The molecule has 21 heteroatoms. The van der Waals surface area contributed by atoms with Crippen LogP contribution in [0.3, 0.4) is 0 Å². The Hall–Kier alpha value is -4.08. The fourth-order valence-electron chi connectivity index (χ4n) is 3.79. The number of aromatic nitrogens is 2. The Balaban J connectivity index is 1.36. The molecule has 252 valence electrons. The highest BCUT2D eigenvalue weighted by Crippen LogP contribution is 2.33. The molecule has 0 aliphatic heterocycles. The fraction of sp³-hybridized carbons (Fsp3) is 0.231. The molecule has 0 aliphatic rings. The molecule has 4 aromatic rings. The summed E-state index contributed by atoms with van der Waals surface area (Å²) >= 11 is 1.41. The Labute approximate surface area is 270 Å². The standard InChI is InChI=1S/C26H20F6N4O7S4/c1-2-19(20-13-34-24(45-20)36-46(39,40)17-8-6-14(7-9-17)25(27,28)29)22(38)43-21(37)11-16-12-33-23(44-16)35-47(41,42)18-5-3-4-15(10-18)26(30,31)32/h3-10,12-13,19H,2,11H2,1H3,(H,33,35)(H,34,36). The maximum absolute atomic E-state index is 13.0. The van der Waals surface area contributed by atoms with E-state index in [9.17, 15) is 52.8 Å². The van der Waals surface area contributed by atoms with Crippen molar-refractivity contribution in [3.05, 3.63) is 81.8 Å². The molecule has 0 saturated carbocycles. The van der Waals surface area contributed by atoms with Gasteiger partial charge < -0.3 is 4.74 Å². The molecule has 0 aliphatic carbocycles. The maximum atomic E-state index is 13.0. The van der Waals surface area contributed by atoms with Crippen LogP contribution in [-0.4, -0.2) is 38.7 Å². The van der Waals surface area contributed by atoms with Crippen LogP contribution in [-0.2, 0) is 53.1 Å². The van der Waals surface area contributed by atoms with E-state index in [0.29, 0.717) is 35.6 Å². The van der Waals surface area contributed by atoms with Gasteiger partial charge in [-0.3, -0.25) is 19.0 Å². The van der Waals surface area contributed by atoms with Crippen molar-refractivity contribution in [2.75, 3.05) is 9.44 Å². The Kier molecular flexibility index (Phi) is 10.3. The SMILES string of the molecule is CCC(C(=O)OC(=O)Cc1cnc(NS(=O)(=O)c2cccc(C(F)(F)F)c2)s1)c1cnc(NS(=O)(=O)c2ccc(C(F)(F)F)cc2)s1. The minimum absolute atomic E-state index is 0.0986.